The molecule has 0 spiro atoms. The number of methoxy groups -OCH3 is 1. The predicted molar refractivity (Wildman–Crippen MR) is 87.0 cm³/mol. The molecule has 0 saturated heterocycles. The molecule has 0 aliphatic heterocycles. The number of benzene rings is 1. The van der Waals surface area contributed by atoms with Gasteiger partial charge in [-0.05, 0) is 35.9 Å². The highest BCUT2D eigenvalue weighted by Gasteiger charge is 2.07. The van der Waals surface area contributed by atoms with Crippen LogP contribution in [0.15, 0.2) is 47.8 Å². The predicted octanol–water partition coefficient (Wildman–Crippen LogP) is 0.676. The maximum absolute atomic E-state index is 11.7. The summed E-state index contributed by atoms with van der Waals surface area (Å²) in [5, 5.41) is 15.7. The molecule has 3 N–H and O–H groups in total. The Hall–Kier alpha value is -3.42. The Bertz CT molecular complexity index is 747. The number of aromatic nitrogens is 1. The number of hydrogen-bond acceptors (Lipinski definition) is 6. The number of amides is 2. The van der Waals surface area contributed by atoms with Gasteiger partial charge in [0.2, 0.25) is 0 Å². The van der Waals surface area contributed by atoms with Crippen LogP contribution in [0.1, 0.15) is 15.9 Å². The summed E-state index contributed by atoms with van der Waals surface area (Å²) < 4.78 is 4.97. The average molecular weight is 328 g/mol. The second kappa shape index (κ2) is 8.28. The number of phenols is 1. The van der Waals surface area contributed by atoms with E-state index in [4.69, 9.17) is 4.74 Å². The molecule has 1 aromatic carbocycles. The molecule has 0 unspecified atom stereocenters. The zero-order valence-electron chi connectivity index (χ0n) is 12.9. The van der Waals surface area contributed by atoms with Crippen LogP contribution >= 0.6 is 0 Å². The van der Waals surface area contributed by atoms with Gasteiger partial charge in [0, 0.05) is 12.4 Å². The van der Waals surface area contributed by atoms with Crippen molar-refractivity contribution in [3.8, 4) is 11.5 Å². The van der Waals surface area contributed by atoms with Gasteiger partial charge in [-0.2, -0.15) is 5.10 Å². The minimum Gasteiger partial charge on any atom is -0.504 e. The molecule has 1 heterocycles. The van der Waals surface area contributed by atoms with Crippen LogP contribution in [0.2, 0.25) is 0 Å². The molecule has 0 radical (unpaired) electrons. The number of nitrogens with one attached hydrogen (secondary N) is 2. The first kappa shape index (κ1) is 16.9. The normalized spacial score (nSPS) is 10.4. The van der Waals surface area contributed by atoms with Crippen molar-refractivity contribution in [1.29, 1.82) is 0 Å². The number of ether oxygens (including phenoxy) is 1. The third kappa shape index (κ3) is 4.80. The molecule has 0 fully saturated rings. The summed E-state index contributed by atoms with van der Waals surface area (Å²) in [5.41, 5.74) is 3.28. The lowest BCUT2D eigenvalue weighted by Crippen LogP contribution is -2.34. The number of phenolic OH excluding ortho intramolecular Hbond substituents is 1. The summed E-state index contributed by atoms with van der Waals surface area (Å²) >= 11 is 0. The zero-order valence-corrected chi connectivity index (χ0v) is 12.9. The van der Waals surface area contributed by atoms with E-state index in [0.29, 0.717) is 16.9 Å². The van der Waals surface area contributed by atoms with E-state index < -0.39 is 11.8 Å². The van der Waals surface area contributed by atoms with Crippen LogP contribution in [0.3, 0.4) is 0 Å². The van der Waals surface area contributed by atoms with E-state index in [-0.39, 0.29) is 12.3 Å². The molecular weight excluding hydrogens is 312 g/mol. The third-order valence-electron chi connectivity index (χ3n) is 2.94. The second-order valence-electron chi connectivity index (χ2n) is 4.65. The van der Waals surface area contributed by atoms with Crippen molar-refractivity contribution in [2.75, 3.05) is 13.7 Å². The molecule has 0 aliphatic carbocycles. The zero-order chi connectivity index (χ0) is 17.4. The summed E-state index contributed by atoms with van der Waals surface area (Å²) in [6, 6.07) is 7.85. The summed E-state index contributed by atoms with van der Waals surface area (Å²) in [4.78, 5) is 27.2. The lowest BCUT2D eigenvalue weighted by Gasteiger charge is -2.04. The molecule has 2 rings (SSSR count). The van der Waals surface area contributed by atoms with Crippen LogP contribution in [0.5, 0.6) is 11.5 Å². The molecular formula is C16H16N4O4. The third-order valence-corrected chi connectivity index (χ3v) is 2.94. The van der Waals surface area contributed by atoms with E-state index in [0.717, 1.165) is 0 Å². The topological polar surface area (TPSA) is 113 Å². The summed E-state index contributed by atoms with van der Waals surface area (Å²) in [6.45, 7) is -0.218. The molecule has 1 aromatic heterocycles. The summed E-state index contributed by atoms with van der Waals surface area (Å²) in [7, 11) is 1.43. The Balaban J connectivity index is 1.81. The van der Waals surface area contributed by atoms with Crippen molar-refractivity contribution in [3.63, 3.8) is 0 Å². The van der Waals surface area contributed by atoms with Gasteiger partial charge in [-0.3, -0.25) is 14.6 Å². The van der Waals surface area contributed by atoms with E-state index in [2.05, 4.69) is 20.8 Å². The summed E-state index contributed by atoms with van der Waals surface area (Å²) in [5.74, 6) is -0.564. The van der Waals surface area contributed by atoms with Crippen molar-refractivity contribution < 1.29 is 19.4 Å². The van der Waals surface area contributed by atoms with Crippen LogP contribution in [0.25, 0.3) is 0 Å². The van der Waals surface area contributed by atoms with E-state index >= 15 is 0 Å². The van der Waals surface area contributed by atoms with Crippen LogP contribution in [0, 0.1) is 0 Å². The van der Waals surface area contributed by atoms with E-state index in [1.165, 1.54) is 25.6 Å². The van der Waals surface area contributed by atoms with Crippen molar-refractivity contribution in [2.45, 2.75) is 0 Å². The van der Waals surface area contributed by atoms with E-state index in [1.807, 2.05) is 0 Å². The second-order valence-corrected chi connectivity index (χ2v) is 4.65. The SMILES string of the molecule is COc1cc(/C=N\NC(=O)CNC(=O)c2cccnc2)ccc1O. The Morgan fingerprint density at radius 1 is 1.38 bits per heavy atom. The van der Waals surface area contributed by atoms with Crippen molar-refractivity contribution in [3.05, 3.63) is 53.9 Å². The maximum Gasteiger partial charge on any atom is 0.259 e. The minimum absolute atomic E-state index is 0.0109. The first-order valence-corrected chi connectivity index (χ1v) is 6.97. The Morgan fingerprint density at radius 2 is 2.21 bits per heavy atom. The van der Waals surface area contributed by atoms with Crippen molar-refractivity contribution in [1.82, 2.24) is 15.7 Å². The monoisotopic (exact) mass is 328 g/mol. The smallest absolute Gasteiger partial charge is 0.259 e. The molecule has 2 aromatic rings. The largest absolute Gasteiger partial charge is 0.504 e. The maximum atomic E-state index is 11.7. The molecule has 0 atom stereocenters. The number of carbonyl (C=O) groups excluding carboxylic acids is 2. The van der Waals surface area contributed by atoms with Gasteiger partial charge in [-0.25, -0.2) is 5.43 Å². The van der Waals surface area contributed by atoms with Gasteiger partial charge >= 0.3 is 0 Å². The average Bonchev–Trinajstić information content (AvgIpc) is 2.61. The highest BCUT2D eigenvalue weighted by molar-refractivity contribution is 5.96. The molecule has 124 valence electrons. The van der Waals surface area contributed by atoms with Crippen LogP contribution in [-0.4, -0.2) is 41.8 Å². The van der Waals surface area contributed by atoms with Crippen molar-refractivity contribution in [2.24, 2.45) is 5.10 Å². The molecule has 2 amide bonds. The number of aromatic hydroxyl groups is 1. The fourth-order valence-electron chi connectivity index (χ4n) is 1.75. The van der Waals surface area contributed by atoms with Gasteiger partial charge in [-0.15, -0.1) is 0 Å². The Labute approximate surface area is 138 Å². The van der Waals surface area contributed by atoms with Crippen LogP contribution in [0.4, 0.5) is 0 Å². The lowest BCUT2D eigenvalue weighted by molar-refractivity contribution is -0.120. The van der Waals surface area contributed by atoms with E-state index in [9.17, 15) is 14.7 Å². The van der Waals surface area contributed by atoms with Gasteiger partial charge in [0.05, 0.1) is 25.4 Å². The van der Waals surface area contributed by atoms with Gasteiger partial charge in [0.25, 0.3) is 11.8 Å². The molecule has 8 nitrogen and oxygen atoms in total. The fourth-order valence-corrected chi connectivity index (χ4v) is 1.75. The highest BCUT2D eigenvalue weighted by atomic mass is 16.5. The Morgan fingerprint density at radius 3 is 2.92 bits per heavy atom. The molecule has 0 aliphatic rings. The molecule has 0 bridgehead atoms. The van der Waals surface area contributed by atoms with Gasteiger partial charge in [-0.1, -0.05) is 0 Å². The minimum atomic E-state index is -0.478. The molecule has 24 heavy (non-hydrogen) atoms. The molecule has 0 saturated carbocycles. The van der Waals surface area contributed by atoms with Crippen LogP contribution < -0.4 is 15.5 Å². The first-order chi connectivity index (χ1) is 11.6. The number of hydrazone groups is 1. The number of pyridine rings is 1. The van der Waals surface area contributed by atoms with Crippen molar-refractivity contribution >= 4 is 18.0 Å². The fraction of sp³-hybridized carbons (Fsp3) is 0.125. The Kier molecular flexibility index (Phi) is 5.84. The number of carbonyl (C=O) groups is 2. The number of nitrogens with zero attached hydrogens (tertiary/aromatic N) is 2. The standard InChI is InChI=1S/C16H16N4O4/c1-24-14-7-11(4-5-13(14)21)8-19-20-15(22)10-18-16(23)12-3-2-6-17-9-12/h2-9,21H,10H2,1H3,(H,18,23)(H,20,22)/b19-8-. The van der Waals surface area contributed by atoms with Gasteiger partial charge in [0.15, 0.2) is 11.5 Å². The summed E-state index contributed by atoms with van der Waals surface area (Å²) in [6.07, 6.45) is 4.35. The van der Waals surface area contributed by atoms with Crippen LogP contribution in [-0.2, 0) is 4.79 Å². The molecule has 8 heteroatoms. The lowest BCUT2D eigenvalue weighted by atomic mass is 10.2. The first-order valence-electron chi connectivity index (χ1n) is 6.97. The highest BCUT2D eigenvalue weighted by Crippen LogP contribution is 2.25. The quantitative estimate of drug-likeness (QED) is 0.533. The van der Waals surface area contributed by atoms with Gasteiger partial charge in [0.1, 0.15) is 0 Å². The number of hydrogen-bond donors (Lipinski definition) is 3. The van der Waals surface area contributed by atoms with E-state index in [1.54, 1.807) is 30.5 Å². The van der Waals surface area contributed by atoms with Gasteiger partial charge < -0.3 is 15.2 Å². The number of rotatable bonds is 6.